The minimum Gasteiger partial charge on any atom is -0.544 e. The van der Waals surface area contributed by atoms with Gasteiger partial charge in [-0.2, -0.15) is 0 Å². The molecule has 8 heteroatoms. The minimum absolute atomic E-state index is 0.0499. The van der Waals surface area contributed by atoms with Crippen LogP contribution >= 0.6 is 0 Å². The standard InChI is InChI=1S/C52H101NO7/c1-6-8-10-12-14-16-18-20-22-24-25-27-29-31-33-35-37-39-41-43-51(55)60-48(46-58-45-44-49(52(56)57)53(3,4)5)47-59-50(54)42-40-38-36-34-32-30-28-26-23-21-19-17-15-13-11-9-7-2/h48-49H,6-47H2,1-5H3. The Balaban J connectivity index is 4.18. The Morgan fingerprint density at radius 1 is 0.433 bits per heavy atom. The van der Waals surface area contributed by atoms with Gasteiger partial charge in [0, 0.05) is 19.3 Å². The van der Waals surface area contributed by atoms with Crippen LogP contribution < -0.4 is 5.11 Å². The molecule has 0 aromatic carbocycles. The Morgan fingerprint density at radius 3 is 1.03 bits per heavy atom. The summed E-state index contributed by atoms with van der Waals surface area (Å²) in [7, 11) is 5.43. The second-order valence-corrected chi connectivity index (χ2v) is 19.1. The van der Waals surface area contributed by atoms with E-state index in [0.717, 1.165) is 38.5 Å². The molecule has 0 aliphatic carbocycles. The molecule has 0 aliphatic heterocycles. The van der Waals surface area contributed by atoms with Crippen LogP contribution in [0.3, 0.4) is 0 Å². The first kappa shape index (κ1) is 58.3. The molecule has 8 nitrogen and oxygen atoms in total. The highest BCUT2D eigenvalue weighted by atomic mass is 16.6. The molecule has 0 fully saturated rings. The van der Waals surface area contributed by atoms with Crippen LogP contribution in [0, 0.1) is 0 Å². The Morgan fingerprint density at radius 2 is 0.733 bits per heavy atom. The van der Waals surface area contributed by atoms with Crippen molar-refractivity contribution in [1.29, 1.82) is 0 Å². The number of likely N-dealkylation sites (N-methyl/N-ethyl adjacent to an activating group) is 1. The van der Waals surface area contributed by atoms with E-state index in [4.69, 9.17) is 14.2 Å². The normalized spacial score (nSPS) is 12.8. The highest BCUT2D eigenvalue weighted by Crippen LogP contribution is 2.17. The van der Waals surface area contributed by atoms with Crippen molar-refractivity contribution in [3.05, 3.63) is 0 Å². The second kappa shape index (κ2) is 44.0. The van der Waals surface area contributed by atoms with Crippen molar-refractivity contribution < 1.29 is 38.2 Å². The first-order chi connectivity index (χ1) is 29.1. The van der Waals surface area contributed by atoms with Gasteiger partial charge < -0.3 is 28.6 Å². The van der Waals surface area contributed by atoms with Crippen LogP contribution in [0.25, 0.3) is 0 Å². The average molecular weight is 852 g/mol. The van der Waals surface area contributed by atoms with Gasteiger partial charge in [-0.05, 0) is 12.8 Å². The van der Waals surface area contributed by atoms with E-state index >= 15 is 0 Å². The molecule has 0 rings (SSSR count). The Bertz CT molecular complexity index is 951. The van der Waals surface area contributed by atoms with E-state index in [1.165, 1.54) is 193 Å². The number of carbonyl (C=O) groups is 3. The number of hydrogen-bond acceptors (Lipinski definition) is 7. The average Bonchev–Trinajstić information content (AvgIpc) is 3.21. The van der Waals surface area contributed by atoms with Crippen molar-refractivity contribution in [2.24, 2.45) is 0 Å². The lowest BCUT2D eigenvalue weighted by Gasteiger charge is -2.34. The lowest BCUT2D eigenvalue weighted by molar-refractivity contribution is -0.889. The van der Waals surface area contributed by atoms with Crippen LogP contribution in [-0.2, 0) is 28.6 Å². The SMILES string of the molecule is CCCCCCCCCCCCCCCCCCCCCC(=O)OC(COCCC(C(=O)[O-])[N+](C)(C)C)COC(=O)CCCCCCCCCCCCCCCCCCC. The van der Waals surface area contributed by atoms with E-state index in [1.807, 2.05) is 21.1 Å². The monoisotopic (exact) mass is 852 g/mol. The molecule has 0 amide bonds. The lowest BCUT2D eigenvalue weighted by atomic mass is 10.0. The third-order valence-electron chi connectivity index (χ3n) is 12.2. The van der Waals surface area contributed by atoms with E-state index in [2.05, 4.69) is 13.8 Å². The van der Waals surface area contributed by atoms with Gasteiger partial charge in [0.25, 0.3) is 0 Å². The quantitative estimate of drug-likeness (QED) is 0.0341. The van der Waals surface area contributed by atoms with Crippen LogP contribution in [0.15, 0.2) is 0 Å². The molecule has 0 aliphatic rings. The summed E-state index contributed by atoms with van der Waals surface area (Å²) in [5, 5.41) is 11.7. The summed E-state index contributed by atoms with van der Waals surface area (Å²) < 4.78 is 17.3. The number of aliphatic carboxylic acids is 1. The van der Waals surface area contributed by atoms with Crippen molar-refractivity contribution in [3.63, 3.8) is 0 Å². The topological polar surface area (TPSA) is 102 Å². The summed E-state index contributed by atoms with van der Waals surface area (Å²) in [6.07, 6.45) is 47.0. The van der Waals surface area contributed by atoms with Crippen LogP contribution in [0.4, 0.5) is 0 Å². The molecule has 0 N–H and O–H groups in total. The lowest BCUT2D eigenvalue weighted by Crippen LogP contribution is -2.55. The van der Waals surface area contributed by atoms with Gasteiger partial charge in [-0.15, -0.1) is 0 Å². The summed E-state index contributed by atoms with van der Waals surface area (Å²) in [5.41, 5.74) is 0. The van der Waals surface area contributed by atoms with Crippen LogP contribution in [-0.4, -0.2) is 75.5 Å². The van der Waals surface area contributed by atoms with Crippen LogP contribution in [0.2, 0.25) is 0 Å². The number of esters is 2. The molecule has 0 saturated carbocycles. The van der Waals surface area contributed by atoms with Gasteiger partial charge in [0.05, 0.1) is 40.3 Å². The molecule has 0 heterocycles. The number of ether oxygens (including phenoxy) is 3. The van der Waals surface area contributed by atoms with E-state index in [9.17, 15) is 19.5 Å². The van der Waals surface area contributed by atoms with Crippen LogP contribution in [0.5, 0.6) is 0 Å². The summed E-state index contributed by atoms with van der Waals surface area (Å²) in [5.74, 6) is -1.71. The van der Waals surface area contributed by atoms with Gasteiger partial charge in [0.1, 0.15) is 12.6 Å². The molecule has 356 valence electrons. The van der Waals surface area contributed by atoms with Crippen molar-refractivity contribution in [2.75, 3.05) is 41.0 Å². The fourth-order valence-electron chi connectivity index (χ4n) is 8.19. The van der Waals surface area contributed by atoms with Gasteiger partial charge in [0.15, 0.2) is 6.10 Å². The number of carboxylic acid groups (broad SMARTS) is 1. The Kier molecular flexibility index (Phi) is 42.7. The predicted molar refractivity (Wildman–Crippen MR) is 250 cm³/mol. The molecule has 2 unspecified atom stereocenters. The van der Waals surface area contributed by atoms with Crippen molar-refractivity contribution >= 4 is 17.9 Å². The summed E-state index contributed by atoms with van der Waals surface area (Å²) in [6, 6.07) is -0.720. The molecule has 60 heavy (non-hydrogen) atoms. The summed E-state index contributed by atoms with van der Waals surface area (Å²) in [4.78, 5) is 37.0. The van der Waals surface area contributed by atoms with E-state index < -0.39 is 18.1 Å². The molecular weight excluding hydrogens is 751 g/mol. The molecule has 0 spiro atoms. The van der Waals surface area contributed by atoms with Crippen LogP contribution in [0.1, 0.15) is 264 Å². The van der Waals surface area contributed by atoms with E-state index in [-0.39, 0.29) is 42.7 Å². The highest BCUT2D eigenvalue weighted by Gasteiger charge is 2.25. The van der Waals surface area contributed by atoms with Gasteiger partial charge in [-0.25, -0.2) is 0 Å². The minimum atomic E-state index is -1.12. The molecule has 0 aromatic rings. The number of nitrogens with zero attached hydrogens (tertiary/aromatic N) is 1. The number of hydrogen-bond donors (Lipinski definition) is 0. The molecule has 0 aromatic heterocycles. The van der Waals surface area contributed by atoms with E-state index in [1.54, 1.807) is 0 Å². The first-order valence-electron chi connectivity index (χ1n) is 26.1. The molecule has 0 radical (unpaired) electrons. The summed E-state index contributed by atoms with van der Waals surface area (Å²) >= 11 is 0. The fraction of sp³-hybridized carbons (Fsp3) is 0.942. The van der Waals surface area contributed by atoms with Gasteiger partial charge in [-0.1, -0.05) is 232 Å². The van der Waals surface area contributed by atoms with E-state index in [0.29, 0.717) is 12.8 Å². The molecule has 2 atom stereocenters. The number of quaternary nitrogens is 1. The third-order valence-corrected chi connectivity index (χ3v) is 12.2. The zero-order valence-electron chi connectivity index (χ0n) is 40.7. The molecule has 0 bridgehead atoms. The third kappa shape index (κ3) is 41.7. The maximum atomic E-state index is 12.8. The number of carbonyl (C=O) groups excluding carboxylic acids is 3. The van der Waals surface area contributed by atoms with Gasteiger partial charge in [-0.3, -0.25) is 9.59 Å². The maximum absolute atomic E-state index is 12.8. The Labute approximate surface area is 372 Å². The van der Waals surface area contributed by atoms with Gasteiger partial charge >= 0.3 is 11.9 Å². The largest absolute Gasteiger partial charge is 0.544 e. The number of unbranched alkanes of at least 4 members (excludes halogenated alkanes) is 34. The zero-order valence-corrected chi connectivity index (χ0v) is 40.7. The number of carboxylic acids is 1. The zero-order chi connectivity index (χ0) is 44.2. The first-order valence-corrected chi connectivity index (χ1v) is 26.1. The van der Waals surface area contributed by atoms with Crippen molar-refractivity contribution in [3.8, 4) is 0 Å². The Hall–Kier alpha value is -1.67. The number of rotatable bonds is 48. The smallest absolute Gasteiger partial charge is 0.306 e. The fourth-order valence-corrected chi connectivity index (χ4v) is 8.19. The molecule has 0 saturated heterocycles. The molecular formula is C52H101NO7. The highest BCUT2D eigenvalue weighted by molar-refractivity contribution is 5.70. The van der Waals surface area contributed by atoms with Crippen molar-refractivity contribution in [2.45, 2.75) is 276 Å². The maximum Gasteiger partial charge on any atom is 0.306 e. The predicted octanol–water partition coefficient (Wildman–Crippen LogP) is 13.5. The summed E-state index contributed by atoms with van der Waals surface area (Å²) in [6.45, 7) is 4.73. The van der Waals surface area contributed by atoms with Crippen molar-refractivity contribution in [1.82, 2.24) is 0 Å². The second-order valence-electron chi connectivity index (χ2n) is 19.1. The van der Waals surface area contributed by atoms with Gasteiger partial charge in [0.2, 0.25) is 0 Å².